The number of benzene rings is 2. The normalized spacial score (nSPS) is 17.1. The fraction of sp³-hybridized carbons (Fsp3) is 0.273. The van der Waals surface area contributed by atoms with Crippen molar-refractivity contribution in [1.82, 2.24) is 9.88 Å². The van der Waals surface area contributed by atoms with Crippen LogP contribution < -0.4 is 5.32 Å². The van der Waals surface area contributed by atoms with E-state index in [2.05, 4.69) is 22.4 Å². The van der Waals surface area contributed by atoms with E-state index in [9.17, 15) is 9.59 Å². The van der Waals surface area contributed by atoms with Gasteiger partial charge in [-0.15, -0.1) is 0 Å². The van der Waals surface area contributed by atoms with E-state index in [1.54, 1.807) is 11.8 Å². The van der Waals surface area contributed by atoms with Gasteiger partial charge in [-0.3, -0.25) is 9.59 Å². The molecule has 2 aromatic carbocycles. The molecule has 1 atom stereocenters. The number of anilines is 1. The molecule has 5 heteroatoms. The molecule has 0 saturated carbocycles. The lowest BCUT2D eigenvalue weighted by molar-refractivity contribution is -0.132. The third-order valence-corrected chi connectivity index (χ3v) is 5.21. The molecule has 0 bridgehead atoms. The van der Waals surface area contributed by atoms with Crippen molar-refractivity contribution in [3.63, 3.8) is 0 Å². The standard InChI is InChI=1S/C22H23N3O2/c1-15(26)25-11-5-8-18(14-25)22(27)23-19-9-4-7-16(12-19)21-13-17-6-2-3-10-20(17)24-21/h2-4,6-7,9-10,12-13,18,24H,5,8,11,14H2,1H3,(H,23,27). The molecular weight excluding hydrogens is 338 g/mol. The second-order valence-electron chi connectivity index (χ2n) is 7.14. The summed E-state index contributed by atoms with van der Waals surface area (Å²) in [7, 11) is 0. The van der Waals surface area contributed by atoms with Crippen molar-refractivity contribution in [2.75, 3.05) is 18.4 Å². The van der Waals surface area contributed by atoms with E-state index in [4.69, 9.17) is 0 Å². The second-order valence-corrected chi connectivity index (χ2v) is 7.14. The number of fused-ring (bicyclic) bond motifs is 1. The van der Waals surface area contributed by atoms with E-state index in [1.165, 1.54) is 0 Å². The Morgan fingerprint density at radius 2 is 1.96 bits per heavy atom. The zero-order valence-electron chi connectivity index (χ0n) is 15.4. The largest absolute Gasteiger partial charge is 0.355 e. The number of likely N-dealkylation sites (tertiary alicyclic amines) is 1. The molecular formula is C22H23N3O2. The topological polar surface area (TPSA) is 65.2 Å². The SMILES string of the molecule is CC(=O)N1CCCC(C(=O)Nc2cccc(-c3cc4ccccc4[nH]3)c2)C1. The second kappa shape index (κ2) is 7.27. The van der Waals surface area contributed by atoms with Crippen molar-refractivity contribution in [3.8, 4) is 11.3 Å². The summed E-state index contributed by atoms with van der Waals surface area (Å²) in [6.45, 7) is 2.81. The van der Waals surface area contributed by atoms with Crippen molar-refractivity contribution in [2.45, 2.75) is 19.8 Å². The Labute approximate surface area is 158 Å². The van der Waals surface area contributed by atoms with Crippen molar-refractivity contribution in [3.05, 3.63) is 54.6 Å². The van der Waals surface area contributed by atoms with E-state index in [-0.39, 0.29) is 17.7 Å². The maximum atomic E-state index is 12.7. The summed E-state index contributed by atoms with van der Waals surface area (Å²) in [5, 5.41) is 4.18. The number of para-hydroxylation sites is 1. The van der Waals surface area contributed by atoms with Gasteiger partial charge in [0.25, 0.3) is 0 Å². The number of hydrogen-bond donors (Lipinski definition) is 2. The van der Waals surface area contributed by atoms with Crippen LogP contribution in [0.15, 0.2) is 54.6 Å². The van der Waals surface area contributed by atoms with Crippen molar-refractivity contribution >= 4 is 28.4 Å². The first kappa shape index (κ1) is 17.3. The summed E-state index contributed by atoms with van der Waals surface area (Å²) in [5.41, 5.74) is 3.91. The average Bonchev–Trinajstić information content (AvgIpc) is 3.12. The van der Waals surface area contributed by atoms with Crippen LogP contribution >= 0.6 is 0 Å². The summed E-state index contributed by atoms with van der Waals surface area (Å²) in [6, 6.07) is 18.1. The maximum absolute atomic E-state index is 12.7. The lowest BCUT2D eigenvalue weighted by Crippen LogP contribution is -2.42. The van der Waals surface area contributed by atoms with Crippen molar-refractivity contribution in [1.29, 1.82) is 0 Å². The molecule has 1 unspecified atom stereocenters. The van der Waals surface area contributed by atoms with Gasteiger partial charge in [0.05, 0.1) is 5.92 Å². The fourth-order valence-corrected chi connectivity index (χ4v) is 3.71. The zero-order chi connectivity index (χ0) is 18.8. The van der Waals surface area contributed by atoms with Crippen LogP contribution in [-0.4, -0.2) is 34.8 Å². The molecule has 1 aliphatic rings. The Bertz CT molecular complexity index is 959. The van der Waals surface area contributed by atoms with E-state index in [0.29, 0.717) is 6.54 Å². The quantitative estimate of drug-likeness (QED) is 0.740. The number of aromatic amines is 1. The van der Waals surface area contributed by atoms with E-state index < -0.39 is 0 Å². The molecule has 1 fully saturated rings. The van der Waals surface area contributed by atoms with Crippen LogP contribution in [0, 0.1) is 5.92 Å². The van der Waals surface area contributed by atoms with Crippen LogP contribution in [0.25, 0.3) is 22.2 Å². The minimum Gasteiger partial charge on any atom is -0.355 e. The third-order valence-electron chi connectivity index (χ3n) is 5.21. The fourth-order valence-electron chi connectivity index (χ4n) is 3.71. The van der Waals surface area contributed by atoms with Crippen LogP contribution in [0.3, 0.4) is 0 Å². The van der Waals surface area contributed by atoms with Gasteiger partial charge in [0.1, 0.15) is 0 Å². The number of amides is 2. The number of carbonyl (C=O) groups excluding carboxylic acids is 2. The first-order valence-electron chi connectivity index (χ1n) is 9.35. The molecule has 0 radical (unpaired) electrons. The molecule has 1 aromatic heterocycles. The number of carbonyl (C=O) groups is 2. The molecule has 2 N–H and O–H groups in total. The summed E-state index contributed by atoms with van der Waals surface area (Å²) >= 11 is 0. The smallest absolute Gasteiger partial charge is 0.229 e. The van der Waals surface area contributed by atoms with Gasteiger partial charge >= 0.3 is 0 Å². The molecule has 0 aliphatic carbocycles. The molecule has 138 valence electrons. The minimum absolute atomic E-state index is 0.0188. The number of aromatic nitrogens is 1. The molecule has 2 heterocycles. The number of nitrogens with zero attached hydrogens (tertiary/aromatic N) is 1. The van der Waals surface area contributed by atoms with Gasteiger partial charge in [-0.25, -0.2) is 0 Å². The Hall–Kier alpha value is -3.08. The van der Waals surface area contributed by atoms with Gasteiger partial charge in [-0.1, -0.05) is 30.3 Å². The maximum Gasteiger partial charge on any atom is 0.229 e. The highest BCUT2D eigenvalue weighted by atomic mass is 16.2. The number of H-pyrrole nitrogens is 1. The van der Waals surface area contributed by atoms with Crippen LogP contribution in [0.2, 0.25) is 0 Å². The molecule has 2 amide bonds. The van der Waals surface area contributed by atoms with Gasteiger partial charge < -0.3 is 15.2 Å². The minimum atomic E-state index is -0.153. The number of hydrogen-bond acceptors (Lipinski definition) is 2. The van der Waals surface area contributed by atoms with Gasteiger partial charge in [-0.2, -0.15) is 0 Å². The molecule has 0 spiro atoms. The Kier molecular flexibility index (Phi) is 4.67. The summed E-state index contributed by atoms with van der Waals surface area (Å²) in [4.78, 5) is 29.4. The molecule has 1 saturated heterocycles. The molecule has 4 rings (SSSR count). The monoisotopic (exact) mass is 361 g/mol. The highest BCUT2D eigenvalue weighted by Gasteiger charge is 2.27. The van der Waals surface area contributed by atoms with Crippen molar-refractivity contribution in [2.24, 2.45) is 5.92 Å². The first-order valence-corrected chi connectivity index (χ1v) is 9.35. The average molecular weight is 361 g/mol. The first-order chi connectivity index (χ1) is 13.1. The van der Waals surface area contributed by atoms with Gasteiger partial charge in [0.2, 0.25) is 11.8 Å². The van der Waals surface area contributed by atoms with E-state index in [0.717, 1.165) is 47.2 Å². The van der Waals surface area contributed by atoms with Crippen LogP contribution in [0.1, 0.15) is 19.8 Å². The van der Waals surface area contributed by atoms with Gasteiger partial charge in [0, 0.05) is 47.9 Å². The van der Waals surface area contributed by atoms with Gasteiger partial charge in [0.15, 0.2) is 0 Å². The van der Waals surface area contributed by atoms with Gasteiger partial charge in [-0.05, 0) is 37.1 Å². The molecule has 3 aromatic rings. The predicted molar refractivity (Wildman–Crippen MR) is 107 cm³/mol. The van der Waals surface area contributed by atoms with Crippen molar-refractivity contribution < 1.29 is 9.59 Å². The molecule has 27 heavy (non-hydrogen) atoms. The Morgan fingerprint density at radius 1 is 1.11 bits per heavy atom. The highest BCUT2D eigenvalue weighted by Crippen LogP contribution is 2.26. The summed E-state index contributed by atoms with van der Waals surface area (Å²) < 4.78 is 0. The summed E-state index contributed by atoms with van der Waals surface area (Å²) in [6.07, 6.45) is 1.68. The Morgan fingerprint density at radius 3 is 2.78 bits per heavy atom. The number of piperidine rings is 1. The number of nitrogens with one attached hydrogen (secondary N) is 2. The molecule has 5 nitrogen and oxygen atoms in total. The lowest BCUT2D eigenvalue weighted by atomic mass is 9.97. The van der Waals surface area contributed by atoms with E-state index in [1.807, 2.05) is 42.5 Å². The van der Waals surface area contributed by atoms with Crippen LogP contribution in [0.5, 0.6) is 0 Å². The third kappa shape index (κ3) is 3.72. The lowest BCUT2D eigenvalue weighted by Gasteiger charge is -2.31. The van der Waals surface area contributed by atoms with Crippen LogP contribution in [0.4, 0.5) is 5.69 Å². The Balaban J connectivity index is 1.50. The van der Waals surface area contributed by atoms with Crippen LogP contribution in [-0.2, 0) is 9.59 Å². The summed E-state index contributed by atoms with van der Waals surface area (Å²) in [5.74, 6) is -0.137. The molecule has 1 aliphatic heterocycles. The highest BCUT2D eigenvalue weighted by molar-refractivity contribution is 5.94. The zero-order valence-corrected chi connectivity index (χ0v) is 15.4. The predicted octanol–water partition coefficient (Wildman–Crippen LogP) is 4.03. The number of rotatable bonds is 3. The van der Waals surface area contributed by atoms with E-state index >= 15 is 0 Å².